The fraction of sp³-hybridized carbons (Fsp3) is 0.615. The molecule has 1 aromatic carbocycles. The van der Waals surface area contributed by atoms with Crippen LogP contribution in [0.25, 0.3) is 0 Å². The molecule has 146 valence electrons. The summed E-state index contributed by atoms with van der Waals surface area (Å²) in [5, 5.41) is 0. The summed E-state index contributed by atoms with van der Waals surface area (Å²) in [7, 11) is 0. The second kappa shape index (κ2) is 7.24. The number of rotatable bonds is 5. The van der Waals surface area contributed by atoms with Gasteiger partial charge in [0, 0.05) is 18.0 Å². The number of hydrogen-bond donors (Lipinski definition) is 0. The van der Waals surface area contributed by atoms with Crippen molar-refractivity contribution in [1.29, 1.82) is 0 Å². The lowest BCUT2D eigenvalue weighted by Gasteiger charge is -2.51. The van der Waals surface area contributed by atoms with Crippen molar-refractivity contribution in [2.45, 2.75) is 84.6 Å². The van der Waals surface area contributed by atoms with Gasteiger partial charge in [0.25, 0.3) is 0 Å². The maximum Gasteiger partial charge on any atom is 0.0291 e. The molecule has 1 aliphatic heterocycles. The van der Waals surface area contributed by atoms with Crippen molar-refractivity contribution < 1.29 is 0 Å². The monoisotopic (exact) mass is 363 g/mol. The van der Waals surface area contributed by atoms with E-state index in [2.05, 4.69) is 63.8 Å². The summed E-state index contributed by atoms with van der Waals surface area (Å²) in [5.41, 5.74) is 9.78. The third-order valence-electron chi connectivity index (χ3n) is 7.69. The Labute approximate surface area is 166 Å². The lowest BCUT2D eigenvalue weighted by molar-refractivity contribution is 0.150. The first-order valence-corrected chi connectivity index (χ1v) is 11.2. The Balaban J connectivity index is 1.82. The molecule has 1 saturated carbocycles. The van der Waals surface area contributed by atoms with Gasteiger partial charge in [-0.2, -0.15) is 0 Å². The highest BCUT2D eigenvalue weighted by molar-refractivity contribution is 5.54. The molecule has 0 amide bonds. The first kappa shape index (κ1) is 19.0. The molecular weight excluding hydrogens is 326 g/mol. The molecule has 1 heterocycles. The first-order valence-electron chi connectivity index (χ1n) is 11.2. The van der Waals surface area contributed by atoms with Crippen molar-refractivity contribution >= 4 is 0 Å². The van der Waals surface area contributed by atoms with E-state index in [4.69, 9.17) is 0 Å². The third kappa shape index (κ3) is 3.23. The quantitative estimate of drug-likeness (QED) is 0.595. The number of likely N-dealkylation sites (tertiary alicyclic amines) is 1. The zero-order valence-corrected chi connectivity index (χ0v) is 18.1. The highest BCUT2D eigenvalue weighted by Gasteiger charge is 2.47. The zero-order chi connectivity index (χ0) is 19.2. The minimum Gasteiger partial charge on any atom is -0.297 e. The van der Waals surface area contributed by atoms with E-state index in [0.717, 1.165) is 12.3 Å². The lowest BCUT2D eigenvalue weighted by Crippen LogP contribution is -2.51. The molecule has 4 rings (SSSR count). The Morgan fingerprint density at radius 3 is 2.52 bits per heavy atom. The van der Waals surface area contributed by atoms with Crippen molar-refractivity contribution in [3.05, 3.63) is 57.7 Å². The standard InChI is InChI=1S/C26H37N/c1-6-21-11-13-24-20(5)27(17-22-9-10-22)15-14-26(24,16-21)25-18(3)8-12-23(7-2)19(25)4/h8,11-13,20,22H,6-7,9-10,14-17H2,1-5H3. The summed E-state index contributed by atoms with van der Waals surface area (Å²) in [6.07, 6.45) is 12.7. The Morgan fingerprint density at radius 1 is 1.07 bits per heavy atom. The van der Waals surface area contributed by atoms with Gasteiger partial charge in [-0.3, -0.25) is 4.90 Å². The lowest BCUT2D eigenvalue weighted by atomic mass is 9.59. The van der Waals surface area contributed by atoms with E-state index < -0.39 is 0 Å². The molecule has 2 fully saturated rings. The van der Waals surface area contributed by atoms with Crippen LogP contribution < -0.4 is 0 Å². The van der Waals surface area contributed by atoms with E-state index in [1.54, 1.807) is 22.3 Å². The minimum atomic E-state index is 0.221. The predicted molar refractivity (Wildman–Crippen MR) is 116 cm³/mol. The van der Waals surface area contributed by atoms with Gasteiger partial charge in [0.2, 0.25) is 0 Å². The van der Waals surface area contributed by atoms with Gasteiger partial charge >= 0.3 is 0 Å². The normalized spacial score (nSPS) is 28.6. The van der Waals surface area contributed by atoms with Crippen LogP contribution in [0.5, 0.6) is 0 Å². The van der Waals surface area contributed by atoms with E-state index in [1.807, 2.05) is 0 Å². The Hall–Kier alpha value is -1.34. The van der Waals surface area contributed by atoms with Gasteiger partial charge in [0.1, 0.15) is 0 Å². The van der Waals surface area contributed by atoms with Crippen LogP contribution in [-0.4, -0.2) is 24.0 Å². The van der Waals surface area contributed by atoms with Crippen LogP contribution in [0, 0.1) is 19.8 Å². The van der Waals surface area contributed by atoms with Crippen molar-refractivity contribution in [2.24, 2.45) is 5.92 Å². The van der Waals surface area contributed by atoms with Gasteiger partial charge in [-0.1, -0.05) is 43.7 Å². The van der Waals surface area contributed by atoms with E-state index in [9.17, 15) is 0 Å². The van der Waals surface area contributed by atoms with E-state index in [1.165, 1.54) is 56.3 Å². The number of piperidine rings is 1. The van der Waals surface area contributed by atoms with E-state index in [0.29, 0.717) is 6.04 Å². The molecule has 2 aliphatic carbocycles. The summed E-state index contributed by atoms with van der Waals surface area (Å²) < 4.78 is 0. The number of hydrogen-bond acceptors (Lipinski definition) is 1. The summed E-state index contributed by atoms with van der Waals surface area (Å²) in [5.74, 6) is 0.970. The topological polar surface area (TPSA) is 3.24 Å². The third-order valence-corrected chi connectivity index (χ3v) is 7.69. The number of allylic oxidation sites excluding steroid dienone is 3. The van der Waals surface area contributed by atoms with Gasteiger partial charge in [-0.15, -0.1) is 0 Å². The molecule has 0 bridgehead atoms. The van der Waals surface area contributed by atoms with Gasteiger partial charge in [0.15, 0.2) is 0 Å². The Bertz CT molecular complexity index is 780. The summed E-state index contributed by atoms with van der Waals surface area (Å²) in [6.45, 7) is 14.4. The largest absolute Gasteiger partial charge is 0.297 e. The van der Waals surface area contributed by atoms with Crippen LogP contribution in [-0.2, 0) is 11.8 Å². The number of benzene rings is 1. The van der Waals surface area contributed by atoms with Crippen LogP contribution in [0.4, 0.5) is 0 Å². The molecule has 1 aromatic rings. The number of fused-ring (bicyclic) bond motifs is 1. The van der Waals surface area contributed by atoms with E-state index >= 15 is 0 Å². The molecule has 0 spiro atoms. The van der Waals surface area contributed by atoms with Crippen LogP contribution in [0.15, 0.2) is 35.4 Å². The van der Waals surface area contributed by atoms with E-state index in [-0.39, 0.29) is 5.41 Å². The molecule has 27 heavy (non-hydrogen) atoms. The second-order valence-electron chi connectivity index (χ2n) is 9.32. The van der Waals surface area contributed by atoms with Gasteiger partial charge < -0.3 is 0 Å². The molecule has 0 N–H and O–H groups in total. The molecule has 2 unspecified atom stereocenters. The summed E-state index contributed by atoms with van der Waals surface area (Å²) >= 11 is 0. The molecule has 1 nitrogen and oxygen atoms in total. The number of nitrogens with zero attached hydrogens (tertiary/aromatic N) is 1. The first-order chi connectivity index (χ1) is 13.0. The van der Waals surface area contributed by atoms with Crippen LogP contribution >= 0.6 is 0 Å². The van der Waals surface area contributed by atoms with Crippen molar-refractivity contribution in [3.63, 3.8) is 0 Å². The summed E-state index contributed by atoms with van der Waals surface area (Å²) in [6, 6.07) is 5.32. The fourth-order valence-corrected chi connectivity index (χ4v) is 5.90. The Kier molecular flexibility index (Phi) is 5.10. The average Bonchev–Trinajstić information content (AvgIpc) is 3.48. The smallest absolute Gasteiger partial charge is 0.0291 e. The van der Waals surface area contributed by atoms with Crippen molar-refractivity contribution in [3.8, 4) is 0 Å². The minimum absolute atomic E-state index is 0.221. The second-order valence-corrected chi connectivity index (χ2v) is 9.32. The zero-order valence-electron chi connectivity index (χ0n) is 18.1. The van der Waals surface area contributed by atoms with Gasteiger partial charge in [-0.25, -0.2) is 0 Å². The predicted octanol–water partition coefficient (Wildman–Crippen LogP) is 6.27. The molecule has 1 saturated heterocycles. The van der Waals surface area contributed by atoms with Crippen molar-refractivity contribution in [2.75, 3.05) is 13.1 Å². The molecule has 0 aromatic heterocycles. The van der Waals surface area contributed by atoms with Crippen LogP contribution in [0.1, 0.15) is 75.1 Å². The molecule has 2 atom stereocenters. The van der Waals surface area contributed by atoms with Crippen molar-refractivity contribution in [1.82, 2.24) is 4.90 Å². The van der Waals surface area contributed by atoms with Gasteiger partial charge in [0.05, 0.1) is 0 Å². The Morgan fingerprint density at radius 2 is 1.85 bits per heavy atom. The van der Waals surface area contributed by atoms with Crippen LogP contribution in [0.2, 0.25) is 0 Å². The van der Waals surface area contributed by atoms with Crippen LogP contribution in [0.3, 0.4) is 0 Å². The molecular formula is C26H37N. The molecule has 1 heteroatoms. The molecule has 3 aliphatic rings. The SMILES string of the molecule is CCC1=CC=C2C(C)N(CC3CC3)CCC2(c2c(C)ccc(CC)c2C)C1. The maximum atomic E-state index is 2.78. The maximum absolute atomic E-state index is 2.78. The highest BCUT2D eigenvalue weighted by Crippen LogP contribution is 2.52. The molecule has 0 radical (unpaired) electrons. The highest BCUT2D eigenvalue weighted by atomic mass is 15.2. The number of aryl methyl sites for hydroxylation is 2. The summed E-state index contributed by atoms with van der Waals surface area (Å²) in [4.78, 5) is 2.78. The average molecular weight is 364 g/mol. The fourth-order valence-electron chi connectivity index (χ4n) is 5.90. The van der Waals surface area contributed by atoms with Gasteiger partial charge in [-0.05, 0) is 99.6 Å².